The Bertz CT molecular complexity index is 878. The normalized spacial score (nSPS) is 12.6. The standard InChI is InChI=1S/C21H23F3N2O3/c1-12(2)19(27)11-17-10-16(9-13(3)25-17)20(28)26-14(4)15-5-7-18(8-6-15)29-21(22,23)24/h5-10,12,14H,11H2,1-4H3,(H,26,28). The Morgan fingerprint density at radius 1 is 1.10 bits per heavy atom. The highest BCUT2D eigenvalue weighted by Crippen LogP contribution is 2.24. The monoisotopic (exact) mass is 408 g/mol. The van der Waals surface area contributed by atoms with Crippen LogP contribution < -0.4 is 10.1 Å². The van der Waals surface area contributed by atoms with Crippen molar-refractivity contribution in [2.24, 2.45) is 5.92 Å². The number of amides is 1. The molecule has 156 valence electrons. The van der Waals surface area contributed by atoms with E-state index in [1.54, 1.807) is 39.8 Å². The molecule has 0 aliphatic carbocycles. The first-order chi connectivity index (χ1) is 13.4. The summed E-state index contributed by atoms with van der Waals surface area (Å²) in [5.41, 5.74) is 2.13. The van der Waals surface area contributed by atoms with Crippen LogP contribution in [0, 0.1) is 12.8 Å². The molecule has 1 unspecified atom stereocenters. The van der Waals surface area contributed by atoms with E-state index in [9.17, 15) is 22.8 Å². The molecule has 29 heavy (non-hydrogen) atoms. The molecule has 0 spiro atoms. The van der Waals surface area contributed by atoms with Crippen molar-refractivity contribution in [3.63, 3.8) is 0 Å². The van der Waals surface area contributed by atoms with E-state index >= 15 is 0 Å². The number of halogens is 3. The maximum Gasteiger partial charge on any atom is 0.573 e. The van der Waals surface area contributed by atoms with E-state index in [1.807, 2.05) is 0 Å². The lowest BCUT2D eigenvalue weighted by molar-refractivity contribution is -0.274. The Morgan fingerprint density at radius 3 is 2.28 bits per heavy atom. The molecule has 0 saturated heterocycles. The topological polar surface area (TPSA) is 68.3 Å². The quantitative estimate of drug-likeness (QED) is 0.730. The first-order valence-electron chi connectivity index (χ1n) is 9.11. The highest BCUT2D eigenvalue weighted by atomic mass is 19.4. The molecule has 0 aliphatic rings. The summed E-state index contributed by atoms with van der Waals surface area (Å²) in [7, 11) is 0. The van der Waals surface area contributed by atoms with Crippen LogP contribution in [0.2, 0.25) is 0 Å². The van der Waals surface area contributed by atoms with E-state index in [2.05, 4.69) is 15.0 Å². The summed E-state index contributed by atoms with van der Waals surface area (Å²) in [5.74, 6) is -0.788. The van der Waals surface area contributed by atoms with Crippen LogP contribution in [0.15, 0.2) is 36.4 Å². The number of ketones is 1. The lowest BCUT2D eigenvalue weighted by atomic mass is 10.0. The van der Waals surface area contributed by atoms with Gasteiger partial charge in [0.25, 0.3) is 5.91 Å². The fourth-order valence-electron chi connectivity index (χ4n) is 2.66. The molecule has 0 bridgehead atoms. The van der Waals surface area contributed by atoms with Gasteiger partial charge in [-0.15, -0.1) is 13.2 Å². The first-order valence-corrected chi connectivity index (χ1v) is 9.11. The molecule has 0 saturated carbocycles. The Kier molecular flexibility index (Phi) is 7.00. The fourth-order valence-corrected chi connectivity index (χ4v) is 2.66. The van der Waals surface area contributed by atoms with Crippen molar-refractivity contribution in [3.8, 4) is 5.75 Å². The zero-order valence-electron chi connectivity index (χ0n) is 16.6. The van der Waals surface area contributed by atoms with E-state index in [4.69, 9.17) is 0 Å². The summed E-state index contributed by atoms with van der Waals surface area (Å²) >= 11 is 0. The van der Waals surface area contributed by atoms with Gasteiger partial charge in [0.2, 0.25) is 0 Å². The number of ether oxygens (including phenoxy) is 1. The number of hydrogen-bond donors (Lipinski definition) is 1. The van der Waals surface area contributed by atoms with Crippen molar-refractivity contribution in [2.75, 3.05) is 0 Å². The third-order valence-corrected chi connectivity index (χ3v) is 4.23. The SMILES string of the molecule is Cc1cc(C(=O)NC(C)c2ccc(OC(F)(F)F)cc2)cc(CC(=O)C(C)C)n1. The van der Waals surface area contributed by atoms with Crippen molar-refractivity contribution in [1.29, 1.82) is 0 Å². The molecule has 1 amide bonds. The summed E-state index contributed by atoms with van der Waals surface area (Å²) in [5, 5.41) is 2.80. The molecular formula is C21H23F3N2O3. The van der Waals surface area contributed by atoms with Crippen LogP contribution >= 0.6 is 0 Å². The van der Waals surface area contributed by atoms with Crippen molar-refractivity contribution in [1.82, 2.24) is 10.3 Å². The number of pyridine rings is 1. The van der Waals surface area contributed by atoms with E-state index < -0.39 is 12.4 Å². The van der Waals surface area contributed by atoms with Gasteiger partial charge in [-0.05, 0) is 43.7 Å². The van der Waals surface area contributed by atoms with Crippen LogP contribution in [0.3, 0.4) is 0 Å². The van der Waals surface area contributed by atoms with Crippen LogP contribution in [-0.4, -0.2) is 23.0 Å². The van der Waals surface area contributed by atoms with E-state index in [-0.39, 0.29) is 29.8 Å². The molecule has 0 fully saturated rings. The minimum Gasteiger partial charge on any atom is -0.406 e. The number of nitrogens with zero attached hydrogens (tertiary/aromatic N) is 1. The van der Waals surface area contributed by atoms with Gasteiger partial charge in [0.15, 0.2) is 0 Å². The second-order valence-corrected chi connectivity index (χ2v) is 7.10. The maximum absolute atomic E-state index is 12.6. The summed E-state index contributed by atoms with van der Waals surface area (Å²) in [6.45, 7) is 7.06. The van der Waals surface area contributed by atoms with Gasteiger partial charge in [-0.2, -0.15) is 0 Å². The Hall–Kier alpha value is -2.90. The number of carbonyl (C=O) groups excluding carboxylic acids is 2. The molecule has 0 radical (unpaired) electrons. The number of Topliss-reactive ketones (excluding diaryl/α,β-unsaturated/α-hetero) is 1. The second kappa shape index (κ2) is 9.07. The Morgan fingerprint density at radius 2 is 1.72 bits per heavy atom. The zero-order valence-corrected chi connectivity index (χ0v) is 16.6. The molecule has 2 rings (SSSR count). The number of aromatic nitrogens is 1. The van der Waals surface area contributed by atoms with Crippen LogP contribution in [0.1, 0.15) is 54.1 Å². The second-order valence-electron chi connectivity index (χ2n) is 7.10. The third-order valence-electron chi connectivity index (χ3n) is 4.23. The minimum absolute atomic E-state index is 0.0315. The average molecular weight is 408 g/mol. The number of alkyl halides is 3. The number of rotatable bonds is 7. The summed E-state index contributed by atoms with van der Waals surface area (Å²) in [6, 6.07) is 8.04. The van der Waals surface area contributed by atoms with E-state index in [1.165, 1.54) is 24.3 Å². The maximum atomic E-state index is 12.6. The molecule has 1 atom stereocenters. The first kappa shape index (κ1) is 22.4. The van der Waals surface area contributed by atoms with Gasteiger partial charge >= 0.3 is 6.36 Å². The molecule has 0 aliphatic heterocycles. The zero-order chi connectivity index (χ0) is 21.8. The molecule has 1 N–H and O–H groups in total. The molecule has 1 aromatic carbocycles. The van der Waals surface area contributed by atoms with Gasteiger partial charge in [0.1, 0.15) is 11.5 Å². The lowest BCUT2D eigenvalue weighted by Gasteiger charge is -2.16. The summed E-state index contributed by atoms with van der Waals surface area (Å²) in [4.78, 5) is 28.9. The van der Waals surface area contributed by atoms with Gasteiger partial charge in [-0.3, -0.25) is 14.6 Å². The largest absolute Gasteiger partial charge is 0.573 e. The average Bonchev–Trinajstić information content (AvgIpc) is 2.60. The summed E-state index contributed by atoms with van der Waals surface area (Å²) < 4.78 is 40.6. The molecular weight excluding hydrogens is 385 g/mol. The van der Waals surface area contributed by atoms with Crippen molar-refractivity contribution in [2.45, 2.75) is 46.5 Å². The van der Waals surface area contributed by atoms with Crippen molar-refractivity contribution in [3.05, 3.63) is 58.9 Å². The van der Waals surface area contributed by atoms with Crippen molar-refractivity contribution >= 4 is 11.7 Å². The molecule has 8 heteroatoms. The Balaban J connectivity index is 2.09. The number of carbonyl (C=O) groups is 2. The Labute approximate surface area is 167 Å². The number of benzene rings is 1. The predicted octanol–water partition coefficient (Wildman–Crippen LogP) is 4.55. The molecule has 1 aromatic heterocycles. The minimum atomic E-state index is -4.75. The molecule has 5 nitrogen and oxygen atoms in total. The molecule has 1 heterocycles. The van der Waals surface area contributed by atoms with Crippen LogP contribution in [0.4, 0.5) is 13.2 Å². The van der Waals surface area contributed by atoms with Crippen LogP contribution in [0.5, 0.6) is 5.75 Å². The van der Waals surface area contributed by atoms with E-state index in [0.29, 0.717) is 22.5 Å². The van der Waals surface area contributed by atoms with Gasteiger partial charge in [0, 0.05) is 29.3 Å². The molecule has 2 aromatic rings. The fraction of sp³-hybridized carbons (Fsp3) is 0.381. The number of hydrogen-bond acceptors (Lipinski definition) is 4. The van der Waals surface area contributed by atoms with Gasteiger partial charge < -0.3 is 10.1 Å². The highest BCUT2D eigenvalue weighted by molar-refractivity contribution is 5.95. The lowest BCUT2D eigenvalue weighted by Crippen LogP contribution is -2.27. The van der Waals surface area contributed by atoms with E-state index in [0.717, 1.165) is 0 Å². The highest BCUT2D eigenvalue weighted by Gasteiger charge is 2.31. The van der Waals surface area contributed by atoms with Crippen LogP contribution in [-0.2, 0) is 11.2 Å². The summed E-state index contributed by atoms with van der Waals surface area (Å²) in [6.07, 6.45) is -4.61. The van der Waals surface area contributed by atoms with Gasteiger partial charge in [-0.25, -0.2) is 0 Å². The van der Waals surface area contributed by atoms with Crippen LogP contribution in [0.25, 0.3) is 0 Å². The third kappa shape index (κ3) is 6.89. The smallest absolute Gasteiger partial charge is 0.406 e. The number of aryl methyl sites for hydroxylation is 1. The predicted molar refractivity (Wildman–Crippen MR) is 102 cm³/mol. The van der Waals surface area contributed by atoms with Gasteiger partial charge in [-0.1, -0.05) is 26.0 Å². The number of nitrogens with one attached hydrogen (secondary N) is 1. The van der Waals surface area contributed by atoms with Gasteiger partial charge in [0.05, 0.1) is 6.04 Å². The van der Waals surface area contributed by atoms with Crippen molar-refractivity contribution < 1.29 is 27.5 Å².